The van der Waals surface area contributed by atoms with Crippen molar-refractivity contribution in [3.63, 3.8) is 0 Å². The molecule has 0 heterocycles. The number of aliphatic carboxylic acids is 2. The Labute approximate surface area is 196 Å². The fourth-order valence-electron chi connectivity index (χ4n) is 3.08. The molecular weight excluding hydrogens is 342 g/mol. The number of allylic oxidation sites excluding steroid dienone is 1. The van der Waals surface area contributed by atoms with E-state index in [2.05, 4.69) is 13.8 Å². The molecule has 1 atom stereocenters. The van der Waals surface area contributed by atoms with Gasteiger partial charge in [0.25, 0.3) is 0 Å². The van der Waals surface area contributed by atoms with Gasteiger partial charge in [-0.1, -0.05) is 96.6 Å². The van der Waals surface area contributed by atoms with Crippen LogP contribution in [-0.4, -0.2) is 11.9 Å². The Kier molecular flexibility index (Phi) is 26.9. The molecule has 0 amide bonds. The van der Waals surface area contributed by atoms with Crippen molar-refractivity contribution in [1.29, 1.82) is 0 Å². The molecule has 0 fully saturated rings. The second-order valence-electron chi connectivity index (χ2n) is 7.79. The monoisotopic (exact) mass is 380 g/mol. The van der Waals surface area contributed by atoms with Crippen molar-refractivity contribution >= 4 is 11.9 Å². The number of rotatable bonds is 18. The van der Waals surface area contributed by atoms with E-state index < -0.39 is 24.3 Å². The third kappa shape index (κ3) is 23.9. The smallest absolute Gasteiger partial charge is 0.550 e. The van der Waals surface area contributed by atoms with Crippen molar-refractivity contribution in [3.05, 3.63) is 12.2 Å². The Bertz CT molecular complexity index is 398. The summed E-state index contributed by atoms with van der Waals surface area (Å²) in [5, 5.41) is 21.2. The van der Waals surface area contributed by atoms with Crippen LogP contribution in [0.5, 0.6) is 0 Å². The van der Waals surface area contributed by atoms with E-state index in [0.29, 0.717) is 0 Å². The summed E-state index contributed by atoms with van der Waals surface area (Å²) in [7, 11) is 0. The molecule has 0 aromatic rings. The Morgan fingerprint density at radius 3 is 1.57 bits per heavy atom. The molecule has 0 aromatic carbocycles. The summed E-state index contributed by atoms with van der Waals surface area (Å²) in [5.74, 6) is -2.96. The van der Waals surface area contributed by atoms with Crippen LogP contribution in [0.3, 0.4) is 0 Å². The van der Waals surface area contributed by atoms with Crippen molar-refractivity contribution in [2.24, 2.45) is 11.8 Å². The summed E-state index contributed by atoms with van der Waals surface area (Å²) in [5.41, 5.74) is 0. The minimum Gasteiger partial charge on any atom is -0.550 e. The average molecular weight is 380 g/mol. The predicted octanol–water partition coefficient (Wildman–Crippen LogP) is -2.22. The van der Waals surface area contributed by atoms with Crippen LogP contribution in [0.4, 0.5) is 0 Å². The molecule has 6 heteroatoms. The Morgan fingerprint density at radius 1 is 0.750 bits per heavy atom. The van der Waals surface area contributed by atoms with Crippen LogP contribution >= 0.6 is 0 Å². The largest absolute Gasteiger partial charge is 1.00 e. The molecule has 0 aliphatic carbocycles. The van der Waals surface area contributed by atoms with Gasteiger partial charge in [0.2, 0.25) is 0 Å². The van der Waals surface area contributed by atoms with E-state index in [9.17, 15) is 19.8 Å². The van der Waals surface area contributed by atoms with Gasteiger partial charge in [-0.05, 0) is 25.2 Å². The Balaban J connectivity index is -0.00000312. The molecule has 0 N–H and O–H groups in total. The van der Waals surface area contributed by atoms with Crippen molar-refractivity contribution in [2.75, 3.05) is 0 Å². The summed E-state index contributed by atoms with van der Waals surface area (Å²) in [6.45, 7) is 4.58. The van der Waals surface area contributed by atoms with E-state index in [1.165, 1.54) is 70.3 Å². The molecule has 152 valence electrons. The van der Waals surface area contributed by atoms with Crippen LogP contribution in [0.1, 0.15) is 104 Å². The standard InChI is InChI=1S/C22H40O4.2Li/c1-19(2)16-14-12-10-8-6-4-3-5-7-9-11-13-15-17-20(22(25)26)18-21(23)24;;/h15,17,19-20H,3-14,16,18H2,1-2H3,(H,23,24)(H,25,26);;/q;2*+1/p-2. The number of hydrogen-bond acceptors (Lipinski definition) is 4. The van der Waals surface area contributed by atoms with Gasteiger partial charge in [-0.25, -0.2) is 0 Å². The second kappa shape index (κ2) is 23.2. The van der Waals surface area contributed by atoms with Gasteiger partial charge in [0, 0.05) is 17.9 Å². The summed E-state index contributed by atoms with van der Waals surface area (Å²) in [4.78, 5) is 21.2. The molecule has 0 aliphatic rings. The van der Waals surface area contributed by atoms with Crippen LogP contribution in [0.15, 0.2) is 12.2 Å². The number of hydrogen-bond donors (Lipinski definition) is 0. The van der Waals surface area contributed by atoms with Gasteiger partial charge in [-0.15, -0.1) is 0 Å². The van der Waals surface area contributed by atoms with E-state index in [0.717, 1.165) is 25.2 Å². The summed E-state index contributed by atoms with van der Waals surface area (Å²) in [6, 6.07) is 0. The third-order valence-corrected chi connectivity index (χ3v) is 4.71. The second-order valence-corrected chi connectivity index (χ2v) is 7.79. The molecule has 4 nitrogen and oxygen atoms in total. The topological polar surface area (TPSA) is 80.3 Å². The number of carbonyl (C=O) groups excluding carboxylic acids is 2. The number of carbonyl (C=O) groups is 2. The molecule has 0 saturated carbocycles. The molecule has 1 unspecified atom stereocenters. The third-order valence-electron chi connectivity index (χ3n) is 4.71. The fraction of sp³-hybridized carbons (Fsp3) is 0.818. The minimum atomic E-state index is -1.36. The van der Waals surface area contributed by atoms with Crippen LogP contribution in [-0.2, 0) is 9.59 Å². The van der Waals surface area contributed by atoms with Gasteiger partial charge < -0.3 is 19.8 Å². The number of carboxylic acid groups (broad SMARTS) is 2. The molecular formula is C22H38Li2O4. The summed E-state index contributed by atoms with van der Waals surface area (Å²) in [6.07, 6.45) is 18.9. The van der Waals surface area contributed by atoms with Gasteiger partial charge >= 0.3 is 37.7 Å². The average Bonchev–Trinajstić information content (AvgIpc) is 2.56. The SMILES string of the molecule is CC(C)CCCCCCCCCCCCCC=CC(CC(=O)[O-])C(=O)[O-].[Li+].[Li+]. The van der Waals surface area contributed by atoms with Gasteiger partial charge in [0.05, 0.1) is 0 Å². The zero-order valence-electron chi connectivity index (χ0n) is 18.8. The van der Waals surface area contributed by atoms with Gasteiger partial charge in [0.1, 0.15) is 0 Å². The molecule has 0 saturated heterocycles. The molecule has 28 heavy (non-hydrogen) atoms. The van der Waals surface area contributed by atoms with E-state index in [4.69, 9.17) is 0 Å². The Morgan fingerprint density at radius 2 is 1.18 bits per heavy atom. The maximum atomic E-state index is 10.8. The quantitative estimate of drug-likeness (QED) is 0.153. The molecule has 0 rings (SSSR count). The van der Waals surface area contributed by atoms with Crippen LogP contribution < -0.4 is 47.9 Å². The molecule has 0 aliphatic heterocycles. The van der Waals surface area contributed by atoms with Crippen molar-refractivity contribution in [2.45, 2.75) is 104 Å². The Hall–Kier alpha value is -0.125. The number of unbranched alkanes of at least 4 members (excludes halogenated alkanes) is 11. The predicted molar refractivity (Wildman–Crippen MR) is 102 cm³/mol. The summed E-state index contributed by atoms with van der Waals surface area (Å²) < 4.78 is 0. The van der Waals surface area contributed by atoms with Crippen LogP contribution in [0.25, 0.3) is 0 Å². The van der Waals surface area contributed by atoms with E-state index in [1.54, 1.807) is 6.08 Å². The maximum Gasteiger partial charge on any atom is 1.00 e. The van der Waals surface area contributed by atoms with Gasteiger partial charge in [-0.3, -0.25) is 0 Å². The van der Waals surface area contributed by atoms with Crippen molar-refractivity contribution < 1.29 is 57.5 Å². The molecule has 0 spiro atoms. The van der Waals surface area contributed by atoms with Crippen molar-refractivity contribution in [3.8, 4) is 0 Å². The first-order chi connectivity index (χ1) is 12.4. The first kappa shape index (κ1) is 32.5. The molecule has 0 radical (unpaired) electrons. The van der Waals surface area contributed by atoms with E-state index in [-0.39, 0.29) is 37.7 Å². The molecule has 0 aromatic heterocycles. The zero-order valence-corrected chi connectivity index (χ0v) is 18.8. The van der Waals surface area contributed by atoms with Gasteiger partial charge in [0.15, 0.2) is 0 Å². The zero-order chi connectivity index (χ0) is 19.6. The van der Waals surface area contributed by atoms with Crippen LogP contribution in [0, 0.1) is 11.8 Å². The normalized spacial score (nSPS) is 11.8. The summed E-state index contributed by atoms with van der Waals surface area (Å²) >= 11 is 0. The fourth-order valence-corrected chi connectivity index (χ4v) is 3.08. The molecule has 0 bridgehead atoms. The van der Waals surface area contributed by atoms with Gasteiger partial charge in [-0.2, -0.15) is 0 Å². The minimum absolute atomic E-state index is 0. The van der Waals surface area contributed by atoms with Crippen LogP contribution in [0.2, 0.25) is 0 Å². The first-order valence-electron chi connectivity index (χ1n) is 10.5. The number of carboxylic acids is 2. The maximum absolute atomic E-state index is 10.8. The van der Waals surface area contributed by atoms with Crippen molar-refractivity contribution in [1.82, 2.24) is 0 Å². The van der Waals surface area contributed by atoms with E-state index in [1.807, 2.05) is 0 Å². The van der Waals surface area contributed by atoms with E-state index >= 15 is 0 Å². The first-order valence-corrected chi connectivity index (χ1v) is 10.5.